The summed E-state index contributed by atoms with van der Waals surface area (Å²) < 4.78 is 12.5. The van der Waals surface area contributed by atoms with Crippen molar-refractivity contribution in [2.24, 2.45) is 0 Å². The molecule has 4 aromatic rings. The molecule has 2 aromatic heterocycles. The van der Waals surface area contributed by atoms with Gasteiger partial charge in [0.2, 0.25) is 5.88 Å². The Hall–Kier alpha value is -4.66. The molecule has 0 unspecified atom stereocenters. The number of anilines is 2. The number of methoxy groups -OCH3 is 2. The number of carbonyl (C=O) groups is 2. The second kappa shape index (κ2) is 9.47. The topological polar surface area (TPSA) is 135 Å². The van der Waals surface area contributed by atoms with Crippen LogP contribution in [0.2, 0.25) is 10.0 Å². The molecule has 0 bridgehead atoms. The summed E-state index contributed by atoms with van der Waals surface area (Å²) in [6, 6.07) is 11.4. The number of fused-ring (bicyclic) bond motifs is 4. The van der Waals surface area contributed by atoms with E-state index in [0.717, 1.165) is 0 Å². The first-order valence-corrected chi connectivity index (χ1v) is 13.2. The highest BCUT2D eigenvalue weighted by Gasteiger charge is 2.64. The largest absolute Gasteiger partial charge is 0.480 e. The second-order valence-corrected chi connectivity index (χ2v) is 10.5. The van der Waals surface area contributed by atoms with E-state index in [2.05, 4.69) is 21.4 Å². The molecule has 1 spiro atoms. The van der Waals surface area contributed by atoms with Crippen molar-refractivity contribution >= 4 is 46.4 Å². The molecule has 0 saturated heterocycles. The van der Waals surface area contributed by atoms with Gasteiger partial charge in [-0.3, -0.25) is 14.5 Å². The standard InChI is InChI=1S/C28H21Cl2N7O4/c1-13(2)36-22-21(34-23(36)17-12-32-27(41-4)35-24(17)40-3)25(38)37(20-10-16(30)6-5-14(20)11-31)28(22)18-8-7-15(29)9-19(18)33-26(28)39/h5-10,12-13H,1-4H3,(H,33,39)/t28-/m1/s1. The summed E-state index contributed by atoms with van der Waals surface area (Å²) in [5.74, 6) is -0.619. The molecule has 13 heteroatoms. The lowest BCUT2D eigenvalue weighted by molar-refractivity contribution is -0.119. The highest BCUT2D eigenvalue weighted by Crippen LogP contribution is 2.55. The lowest BCUT2D eigenvalue weighted by Crippen LogP contribution is -2.51. The van der Waals surface area contributed by atoms with Crippen molar-refractivity contribution in [2.75, 3.05) is 24.4 Å². The van der Waals surface area contributed by atoms with Gasteiger partial charge in [-0.15, -0.1) is 0 Å². The summed E-state index contributed by atoms with van der Waals surface area (Å²) in [4.78, 5) is 43.3. The molecule has 11 nitrogen and oxygen atoms in total. The van der Waals surface area contributed by atoms with Crippen molar-refractivity contribution in [3.63, 3.8) is 0 Å². The van der Waals surface area contributed by atoms with Gasteiger partial charge >= 0.3 is 6.01 Å². The molecule has 4 heterocycles. The maximum atomic E-state index is 14.4. The minimum Gasteiger partial charge on any atom is -0.480 e. The third kappa shape index (κ3) is 3.61. The molecule has 1 atom stereocenters. The molecule has 0 fully saturated rings. The van der Waals surface area contributed by atoms with Crippen LogP contribution in [-0.2, 0) is 10.3 Å². The number of aromatic nitrogens is 4. The first-order valence-electron chi connectivity index (χ1n) is 12.4. The Balaban J connectivity index is 1.74. The number of nitrogens with one attached hydrogen (secondary N) is 1. The van der Waals surface area contributed by atoms with Crippen LogP contribution in [0.3, 0.4) is 0 Å². The predicted molar refractivity (Wildman–Crippen MR) is 151 cm³/mol. The van der Waals surface area contributed by atoms with Crippen LogP contribution in [0.4, 0.5) is 11.4 Å². The number of nitrogens with zero attached hydrogens (tertiary/aromatic N) is 6. The molecule has 0 radical (unpaired) electrons. The van der Waals surface area contributed by atoms with E-state index >= 15 is 0 Å². The molecule has 2 aliphatic heterocycles. The Morgan fingerprint density at radius 2 is 1.78 bits per heavy atom. The summed E-state index contributed by atoms with van der Waals surface area (Å²) in [5.41, 5.74) is 0.194. The van der Waals surface area contributed by atoms with Crippen molar-refractivity contribution in [1.29, 1.82) is 5.26 Å². The van der Waals surface area contributed by atoms with Crippen molar-refractivity contribution in [1.82, 2.24) is 19.5 Å². The van der Waals surface area contributed by atoms with Crippen molar-refractivity contribution in [3.8, 4) is 29.3 Å². The second-order valence-electron chi connectivity index (χ2n) is 9.64. The van der Waals surface area contributed by atoms with Gasteiger partial charge in [0.05, 0.1) is 36.7 Å². The van der Waals surface area contributed by atoms with Crippen LogP contribution < -0.4 is 19.7 Å². The number of halogens is 2. The minimum atomic E-state index is -1.75. The molecule has 1 N–H and O–H groups in total. The Kier molecular flexibility index (Phi) is 6.13. The van der Waals surface area contributed by atoms with E-state index < -0.39 is 17.4 Å². The number of amides is 2. The average molecular weight is 590 g/mol. The van der Waals surface area contributed by atoms with E-state index in [1.807, 2.05) is 13.8 Å². The highest BCUT2D eigenvalue weighted by molar-refractivity contribution is 6.32. The van der Waals surface area contributed by atoms with Gasteiger partial charge in [-0.25, -0.2) is 9.97 Å². The SMILES string of the molecule is COc1ncc(-c2nc3c(n2C(C)C)[C@]2(C(=O)Nc4cc(Cl)ccc42)N(c2cc(Cl)ccc2C#N)C3=O)c(OC)n1. The molecule has 0 aliphatic carbocycles. The summed E-state index contributed by atoms with van der Waals surface area (Å²) in [6.45, 7) is 3.80. The van der Waals surface area contributed by atoms with Crippen molar-refractivity contribution in [3.05, 3.63) is 75.2 Å². The normalized spacial score (nSPS) is 17.1. The van der Waals surface area contributed by atoms with E-state index in [1.54, 1.807) is 28.8 Å². The van der Waals surface area contributed by atoms with Crippen molar-refractivity contribution < 1.29 is 19.1 Å². The monoisotopic (exact) mass is 589 g/mol. The van der Waals surface area contributed by atoms with Gasteiger partial charge in [-0.05, 0) is 44.2 Å². The Labute approximate surface area is 244 Å². The molecule has 6 rings (SSSR count). The fraction of sp³-hybridized carbons (Fsp3) is 0.214. The van der Waals surface area contributed by atoms with Crippen LogP contribution in [0, 0.1) is 11.3 Å². The van der Waals surface area contributed by atoms with E-state index in [1.165, 1.54) is 37.4 Å². The fourth-order valence-corrected chi connectivity index (χ4v) is 5.88. The average Bonchev–Trinajstić information content (AvgIpc) is 3.56. The van der Waals surface area contributed by atoms with Gasteiger partial charge in [-0.1, -0.05) is 29.3 Å². The van der Waals surface area contributed by atoms with Gasteiger partial charge in [0, 0.05) is 33.5 Å². The lowest BCUT2D eigenvalue weighted by Gasteiger charge is -2.36. The fourth-order valence-electron chi connectivity index (χ4n) is 5.54. The summed E-state index contributed by atoms with van der Waals surface area (Å²) >= 11 is 12.7. The zero-order valence-corrected chi connectivity index (χ0v) is 23.7. The molecule has 206 valence electrons. The first kappa shape index (κ1) is 26.6. The number of rotatable bonds is 5. The number of carbonyl (C=O) groups excluding carboxylic acids is 2. The summed E-state index contributed by atoms with van der Waals surface area (Å²) in [6.07, 6.45) is 1.49. The highest BCUT2D eigenvalue weighted by atomic mass is 35.5. The van der Waals surface area contributed by atoms with Crippen LogP contribution in [0.15, 0.2) is 42.6 Å². The molecule has 2 aliphatic rings. The third-order valence-corrected chi connectivity index (χ3v) is 7.60. The number of ether oxygens (including phenoxy) is 2. The van der Waals surface area contributed by atoms with E-state index in [9.17, 15) is 14.9 Å². The summed E-state index contributed by atoms with van der Waals surface area (Å²) in [7, 11) is 2.88. The zero-order chi connectivity index (χ0) is 29.2. The van der Waals surface area contributed by atoms with Crippen LogP contribution in [-0.4, -0.2) is 45.6 Å². The van der Waals surface area contributed by atoms with Gasteiger partial charge < -0.3 is 19.4 Å². The smallest absolute Gasteiger partial charge is 0.319 e. The van der Waals surface area contributed by atoms with Crippen LogP contribution >= 0.6 is 23.2 Å². The number of hydrogen-bond acceptors (Lipinski definition) is 8. The Morgan fingerprint density at radius 1 is 1.05 bits per heavy atom. The Morgan fingerprint density at radius 3 is 2.46 bits per heavy atom. The molecular formula is C28H21Cl2N7O4. The minimum absolute atomic E-state index is 0.0217. The predicted octanol–water partition coefficient (Wildman–Crippen LogP) is 4.97. The van der Waals surface area contributed by atoms with Crippen LogP contribution in [0.5, 0.6) is 11.9 Å². The molecular weight excluding hydrogens is 569 g/mol. The molecule has 2 amide bonds. The number of hydrogen-bond donors (Lipinski definition) is 1. The van der Waals surface area contributed by atoms with E-state index in [4.69, 9.17) is 37.7 Å². The van der Waals surface area contributed by atoms with Gasteiger partial charge in [0.1, 0.15) is 11.9 Å². The zero-order valence-electron chi connectivity index (χ0n) is 22.2. The molecule has 41 heavy (non-hydrogen) atoms. The van der Waals surface area contributed by atoms with Gasteiger partial charge in [0.25, 0.3) is 11.8 Å². The van der Waals surface area contributed by atoms with Crippen molar-refractivity contribution in [2.45, 2.75) is 25.4 Å². The van der Waals surface area contributed by atoms with Gasteiger partial charge in [-0.2, -0.15) is 10.2 Å². The number of imidazole rings is 1. The van der Waals surface area contributed by atoms with E-state index in [0.29, 0.717) is 33.4 Å². The van der Waals surface area contributed by atoms with Crippen LogP contribution in [0.25, 0.3) is 11.4 Å². The Bertz CT molecular complexity index is 1830. The maximum absolute atomic E-state index is 14.4. The lowest BCUT2D eigenvalue weighted by atomic mass is 9.86. The van der Waals surface area contributed by atoms with Gasteiger partial charge in [0.15, 0.2) is 11.2 Å². The quantitative estimate of drug-likeness (QED) is 0.344. The third-order valence-electron chi connectivity index (χ3n) is 7.13. The number of nitriles is 1. The first-order chi connectivity index (χ1) is 19.7. The maximum Gasteiger partial charge on any atom is 0.319 e. The van der Waals surface area contributed by atoms with Crippen LogP contribution in [0.1, 0.15) is 47.2 Å². The summed E-state index contributed by atoms with van der Waals surface area (Å²) in [5, 5.41) is 13.6. The number of benzene rings is 2. The molecule has 0 saturated carbocycles. The van der Waals surface area contributed by atoms with E-state index in [-0.39, 0.29) is 39.9 Å². The molecule has 2 aromatic carbocycles.